The van der Waals surface area contributed by atoms with E-state index in [1.165, 1.54) is 18.2 Å². The van der Waals surface area contributed by atoms with Crippen molar-refractivity contribution >= 4 is 0 Å². The Labute approximate surface area is 114 Å². The van der Waals surface area contributed by atoms with Crippen molar-refractivity contribution in [2.75, 3.05) is 0 Å². The first-order chi connectivity index (χ1) is 9.65. The second kappa shape index (κ2) is 4.65. The summed E-state index contributed by atoms with van der Waals surface area (Å²) in [4.78, 5) is 8.27. The minimum atomic E-state index is -0.122. The lowest BCUT2D eigenvalue weighted by atomic mass is 10.1. The summed E-state index contributed by atoms with van der Waals surface area (Å²) >= 11 is 0. The minimum absolute atomic E-state index is 0.0332. The summed E-state index contributed by atoms with van der Waals surface area (Å²) < 4.78 is 5.15. The lowest BCUT2D eigenvalue weighted by Crippen LogP contribution is -1.87. The molecule has 0 aliphatic heterocycles. The molecule has 0 atom stereocenters. The number of nitrogens with zero attached hydrogens (tertiary/aromatic N) is 3. The van der Waals surface area contributed by atoms with Gasteiger partial charge in [-0.1, -0.05) is 5.16 Å². The van der Waals surface area contributed by atoms with Crippen LogP contribution in [0.4, 0.5) is 0 Å². The number of aromatic hydroxyl groups is 2. The van der Waals surface area contributed by atoms with Crippen LogP contribution in [0.3, 0.4) is 0 Å². The summed E-state index contributed by atoms with van der Waals surface area (Å²) in [5.41, 5.74) is 2.10. The second-order valence-electron chi connectivity index (χ2n) is 4.32. The Morgan fingerprint density at radius 1 is 1.10 bits per heavy atom. The zero-order valence-electron chi connectivity index (χ0n) is 10.6. The molecular weight excluding hydrogens is 258 g/mol. The number of aryl methyl sites for hydroxylation is 1. The highest BCUT2D eigenvalue weighted by Gasteiger charge is 2.15. The maximum absolute atomic E-state index is 9.78. The molecule has 3 rings (SSSR count). The Hall–Kier alpha value is -2.89. The van der Waals surface area contributed by atoms with E-state index in [1.54, 1.807) is 12.4 Å². The first-order valence-electron chi connectivity index (χ1n) is 5.92. The summed E-state index contributed by atoms with van der Waals surface area (Å²) in [6.07, 6.45) is 3.34. The highest BCUT2D eigenvalue weighted by atomic mass is 16.5. The fourth-order valence-corrected chi connectivity index (χ4v) is 1.84. The van der Waals surface area contributed by atoms with E-state index in [9.17, 15) is 10.2 Å². The lowest BCUT2D eigenvalue weighted by Gasteiger charge is -1.99. The van der Waals surface area contributed by atoms with Crippen molar-refractivity contribution in [2.24, 2.45) is 0 Å². The molecule has 0 unspecified atom stereocenters. The highest BCUT2D eigenvalue weighted by molar-refractivity contribution is 5.66. The number of pyridine rings is 1. The van der Waals surface area contributed by atoms with Gasteiger partial charge in [0.1, 0.15) is 11.5 Å². The van der Waals surface area contributed by atoms with Gasteiger partial charge in [0, 0.05) is 24.0 Å². The van der Waals surface area contributed by atoms with Crippen LogP contribution in [0.2, 0.25) is 0 Å². The van der Waals surface area contributed by atoms with E-state index >= 15 is 0 Å². The largest absolute Gasteiger partial charge is 0.508 e. The van der Waals surface area contributed by atoms with Gasteiger partial charge in [0.25, 0.3) is 5.89 Å². The molecule has 0 spiro atoms. The van der Waals surface area contributed by atoms with E-state index in [-0.39, 0.29) is 17.4 Å². The summed E-state index contributed by atoms with van der Waals surface area (Å²) in [5, 5.41) is 22.9. The fraction of sp³-hybridized carbons (Fsp3) is 0.0714. The maximum Gasteiger partial charge on any atom is 0.262 e. The van der Waals surface area contributed by atoms with Crippen LogP contribution in [0.15, 0.2) is 41.2 Å². The summed E-state index contributed by atoms with van der Waals surface area (Å²) in [7, 11) is 0. The molecule has 0 fully saturated rings. The van der Waals surface area contributed by atoms with Gasteiger partial charge in [0.2, 0.25) is 5.82 Å². The van der Waals surface area contributed by atoms with Crippen molar-refractivity contribution in [3.8, 4) is 34.3 Å². The molecule has 20 heavy (non-hydrogen) atoms. The van der Waals surface area contributed by atoms with Gasteiger partial charge in [-0.05, 0) is 30.7 Å². The Bertz CT molecular complexity index is 768. The summed E-state index contributed by atoms with van der Waals surface area (Å²) in [5.74, 6) is 0.427. The van der Waals surface area contributed by atoms with Gasteiger partial charge >= 0.3 is 0 Å². The quantitative estimate of drug-likeness (QED) is 0.742. The van der Waals surface area contributed by atoms with Crippen molar-refractivity contribution in [3.63, 3.8) is 0 Å². The predicted octanol–water partition coefficient (Wildman–Crippen LogP) is 2.52. The Morgan fingerprint density at radius 2 is 1.95 bits per heavy atom. The van der Waals surface area contributed by atoms with Gasteiger partial charge in [0.15, 0.2) is 0 Å². The van der Waals surface area contributed by atoms with Crippen molar-refractivity contribution in [1.82, 2.24) is 15.1 Å². The van der Waals surface area contributed by atoms with Crippen LogP contribution in [0, 0.1) is 6.92 Å². The standard InChI is InChI=1S/C14H11N3O3/c1-8-4-5-15-7-11(8)13-16-14(20-17-13)10-3-2-9(18)6-12(10)19/h2-7,18-19H,1H3. The average Bonchev–Trinajstić information content (AvgIpc) is 2.88. The molecule has 6 nitrogen and oxygen atoms in total. The van der Waals surface area contributed by atoms with Crippen LogP contribution in [0.5, 0.6) is 11.5 Å². The van der Waals surface area contributed by atoms with E-state index in [4.69, 9.17) is 4.52 Å². The van der Waals surface area contributed by atoms with Gasteiger partial charge in [0.05, 0.1) is 5.56 Å². The van der Waals surface area contributed by atoms with E-state index < -0.39 is 0 Å². The van der Waals surface area contributed by atoms with Gasteiger partial charge in [-0.3, -0.25) is 4.98 Å². The number of hydrogen-bond donors (Lipinski definition) is 2. The SMILES string of the molecule is Cc1ccncc1-c1noc(-c2ccc(O)cc2O)n1. The van der Waals surface area contributed by atoms with Crippen molar-refractivity contribution in [3.05, 3.63) is 42.2 Å². The number of benzene rings is 1. The van der Waals surface area contributed by atoms with E-state index in [2.05, 4.69) is 15.1 Å². The van der Waals surface area contributed by atoms with Crippen LogP contribution in [-0.4, -0.2) is 25.3 Å². The molecule has 0 bridgehead atoms. The molecule has 0 saturated carbocycles. The smallest absolute Gasteiger partial charge is 0.262 e. The molecule has 2 N–H and O–H groups in total. The topological polar surface area (TPSA) is 92.3 Å². The number of rotatable bonds is 2. The second-order valence-corrected chi connectivity index (χ2v) is 4.32. The third kappa shape index (κ3) is 2.07. The molecule has 0 radical (unpaired) electrons. The van der Waals surface area contributed by atoms with Gasteiger partial charge in [-0.25, -0.2) is 0 Å². The minimum Gasteiger partial charge on any atom is -0.508 e. The Morgan fingerprint density at radius 3 is 2.70 bits per heavy atom. The first kappa shape index (κ1) is 12.2. The Balaban J connectivity index is 2.04. The predicted molar refractivity (Wildman–Crippen MR) is 71.0 cm³/mol. The van der Waals surface area contributed by atoms with Crippen molar-refractivity contribution in [1.29, 1.82) is 0 Å². The summed E-state index contributed by atoms with van der Waals surface area (Å²) in [6, 6.07) is 6.02. The van der Waals surface area contributed by atoms with Crippen LogP contribution >= 0.6 is 0 Å². The third-order valence-electron chi connectivity index (χ3n) is 2.92. The van der Waals surface area contributed by atoms with Crippen LogP contribution < -0.4 is 0 Å². The number of hydrogen-bond acceptors (Lipinski definition) is 6. The molecule has 0 saturated heterocycles. The van der Waals surface area contributed by atoms with E-state index in [0.29, 0.717) is 11.4 Å². The van der Waals surface area contributed by atoms with Gasteiger partial charge in [-0.15, -0.1) is 0 Å². The normalized spacial score (nSPS) is 10.7. The van der Waals surface area contributed by atoms with Crippen molar-refractivity contribution < 1.29 is 14.7 Å². The fourth-order valence-electron chi connectivity index (χ4n) is 1.84. The molecule has 0 aliphatic rings. The number of aromatic nitrogens is 3. The lowest BCUT2D eigenvalue weighted by molar-refractivity contribution is 0.423. The molecule has 6 heteroatoms. The zero-order valence-corrected chi connectivity index (χ0v) is 10.6. The maximum atomic E-state index is 9.78. The molecule has 100 valence electrons. The van der Waals surface area contributed by atoms with Gasteiger partial charge in [-0.2, -0.15) is 4.98 Å². The van der Waals surface area contributed by atoms with Crippen LogP contribution in [0.25, 0.3) is 22.8 Å². The molecule has 0 amide bonds. The van der Waals surface area contributed by atoms with Crippen LogP contribution in [0.1, 0.15) is 5.56 Å². The van der Waals surface area contributed by atoms with Crippen molar-refractivity contribution in [2.45, 2.75) is 6.92 Å². The van der Waals surface area contributed by atoms with E-state index in [1.807, 2.05) is 13.0 Å². The van der Waals surface area contributed by atoms with Gasteiger partial charge < -0.3 is 14.7 Å². The third-order valence-corrected chi connectivity index (χ3v) is 2.92. The number of phenolic OH excluding ortho intramolecular Hbond substituents is 2. The first-order valence-corrected chi connectivity index (χ1v) is 5.92. The summed E-state index contributed by atoms with van der Waals surface area (Å²) in [6.45, 7) is 1.92. The molecule has 1 aromatic carbocycles. The monoisotopic (exact) mass is 269 g/mol. The zero-order chi connectivity index (χ0) is 14.1. The molecule has 2 heterocycles. The molecule has 2 aromatic heterocycles. The molecular formula is C14H11N3O3. The Kier molecular flexibility index (Phi) is 2.83. The molecule has 3 aromatic rings. The van der Waals surface area contributed by atoms with Crippen LogP contribution in [-0.2, 0) is 0 Å². The van der Waals surface area contributed by atoms with E-state index in [0.717, 1.165) is 11.1 Å². The molecule has 0 aliphatic carbocycles. The number of phenols is 2. The highest BCUT2D eigenvalue weighted by Crippen LogP contribution is 2.32. The average molecular weight is 269 g/mol.